The first-order valence-electron chi connectivity index (χ1n) is 10.5. The second kappa shape index (κ2) is 9.35. The number of hydrogen-bond acceptors (Lipinski definition) is 5. The molecule has 0 bridgehead atoms. The standard InChI is InChI=1S/C25H30N2O4/c1-16(2)31-20-12-10-19(11-13-20)23(28)21-22(18-8-6-17(3)7-9-18)27(15-14-26(4)5)25(30)24(21)29/h6-13,16,22,28H,14-15H2,1-5H3/b23-21+. The van der Waals surface area contributed by atoms with E-state index < -0.39 is 17.7 Å². The zero-order valence-corrected chi connectivity index (χ0v) is 18.8. The van der Waals surface area contributed by atoms with Gasteiger partial charge in [-0.1, -0.05) is 29.8 Å². The molecule has 1 aliphatic heterocycles. The van der Waals surface area contributed by atoms with Crippen LogP contribution in [0.4, 0.5) is 0 Å². The molecule has 1 saturated heterocycles. The van der Waals surface area contributed by atoms with Crippen molar-refractivity contribution in [2.45, 2.75) is 32.9 Å². The van der Waals surface area contributed by atoms with Crippen molar-refractivity contribution in [1.82, 2.24) is 9.80 Å². The Morgan fingerprint density at radius 2 is 1.68 bits per heavy atom. The Bertz CT molecular complexity index is 976. The lowest BCUT2D eigenvalue weighted by Gasteiger charge is -2.26. The SMILES string of the molecule is Cc1ccc(C2/C(=C(\O)c3ccc(OC(C)C)cc3)C(=O)C(=O)N2CCN(C)C)cc1. The molecule has 0 aliphatic carbocycles. The maximum atomic E-state index is 13.0. The number of hydrogen-bond donors (Lipinski definition) is 1. The van der Waals surface area contributed by atoms with Crippen molar-refractivity contribution in [3.63, 3.8) is 0 Å². The smallest absolute Gasteiger partial charge is 0.295 e. The fourth-order valence-electron chi connectivity index (χ4n) is 3.63. The van der Waals surface area contributed by atoms with E-state index in [2.05, 4.69) is 0 Å². The van der Waals surface area contributed by atoms with E-state index in [1.165, 1.54) is 0 Å². The lowest BCUT2D eigenvalue weighted by atomic mass is 9.94. The van der Waals surface area contributed by atoms with Crippen LogP contribution < -0.4 is 4.74 Å². The first-order valence-corrected chi connectivity index (χ1v) is 10.5. The topological polar surface area (TPSA) is 70.1 Å². The van der Waals surface area contributed by atoms with E-state index in [1.54, 1.807) is 29.2 Å². The highest BCUT2D eigenvalue weighted by Gasteiger charge is 2.45. The first-order chi connectivity index (χ1) is 14.7. The summed E-state index contributed by atoms with van der Waals surface area (Å²) in [6, 6.07) is 14.0. The van der Waals surface area contributed by atoms with Gasteiger partial charge in [-0.3, -0.25) is 9.59 Å². The van der Waals surface area contributed by atoms with E-state index in [4.69, 9.17) is 4.74 Å². The summed E-state index contributed by atoms with van der Waals surface area (Å²) in [5, 5.41) is 11.1. The van der Waals surface area contributed by atoms with Crippen LogP contribution in [-0.2, 0) is 9.59 Å². The fourth-order valence-corrected chi connectivity index (χ4v) is 3.63. The number of aliphatic hydroxyl groups excluding tert-OH is 1. The van der Waals surface area contributed by atoms with Crippen LogP contribution in [-0.4, -0.2) is 59.9 Å². The fraction of sp³-hybridized carbons (Fsp3) is 0.360. The van der Waals surface area contributed by atoms with Gasteiger partial charge in [0.2, 0.25) is 0 Å². The largest absolute Gasteiger partial charge is 0.507 e. The second-order valence-corrected chi connectivity index (χ2v) is 8.40. The molecule has 6 heteroatoms. The molecule has 0 spiro atoms. The predicted molar refractivity (Wildman–Crippen MR) is 121 cm³/mol. The molecule has 1 unspecified atom stereocenters. The van der Waals surface area contributed by atoms with Gasteiger partial charge in [-0.15, -0.1) is 0 Å². The number of amides is 1. The minimum atomic E-state index is -0.663. The summed E-state index contributed by atoms with van der Waals surface area (Å²) < 4.78 is 5.65. The Kier molecular flexibility index (Phi) is 6.81. The first kappa shape index (κ1) is 22.6. The Labute approximate surface area is 183 Å². The molecule has 0 aromatic heterocycles. The summed E-state index contributed by atoms with van der Waals surface area (Å²) in [6.45, 7) is 6.84. The van der Waals surface area contributed by atoms with Crippen molar-refractivity contribution in [3.8, 4) is 5.75 Å². The number of rotatable bonds is 7. The summed E-state index contributed by atoms with van der Waals surface area (Å²) in [7, 11) is 3.83. The molecule has 0 saturated carbocycles. The van der Waals surface area contributed by atoms with Gasteiger partial charge in [-0.2, -0.15) is 0 Å². The van der Waals surface area contributed by atoms with Gasteiger partial charge in [0, 0.05) is 18.7 Å². The maximum Gasteiger partial charge on any atom is 0.295 e. The van der Waals surface area contributed by atoms with Crippen LogP contribution >= 0.6 is 0 Å². The van der Waals surface area contributed by atoms with E-state index >= 15 is 0 Å². The normalized spacial score (nSPS) is 18.3. The van der Waals surface area contributed by atoms with Crippen molar-refractivity contribution in [2.24, 2.45) is 0 Å². The summed E-state index contributed by atoms with van der Waals surface area (Å²) in [4.78, 5) is 29.4. The maximum absolute atomic E-state index is 13.0. The molecule has 1 fully saturated rings. The van der Waals surface area contributed by atoms with E-state index in [1.807, 2.05) is 64.0 Å². The van der Waals surface area contributed by atoms with Crippen LogP contribution in [0.25, 0.3) is 5.76 Å². The molecule has 6 nitrogen and oxygen atoms in total. The zero-order chi connectivity index (χ0) is 22.7. The van der Waals surface area contributed by atoms with Gasteiger partial charge in [0.05, 0.1) is 17.7 Å². The van der Waals surface area contributed by atoms with Gasteiger partial charge in [-0.25, -0.2) is 0 Å². The molecule has 2 aromatic carbocycles. The summed E-state index contributed by atoms with van der Waals surface area (Å²) in [5.74, 6) is -0.751. The Morgan fingerprint density at radius 1 is 1.06 bits per heavy atom. The number of likely N-dealkylation sites (tertiary alicyclic amines) is 1. The van der Waals surface area contributed by atoms with Crippen LogP contribution in [0.5, 0.6) is 5.75 Å². The molecule has 1 aliphatic rings. The molecule has 164 valence electrons. The molecule has 1 N–H and O–H groups in total. The van der Waals surface area contributed by atoms with Gasteiger partial charge in [0.25, 0.3) is 11.7 Å². The number of nitrogens with zero attached hydrogens (tertiary/aromatic N) is 2. The summed E-state index contributed by atoms with van der Waals surface area (Å²) >= 11 is 0. The highest BCUT2D eigenvalue weighted by molar-refractivity contribution is 6.46. The number of aliphatic hydroxyl groups is 1. The third kappa shape index (κ3) is 4.97. The predicted octanol–water partition coefficient (Wildman–Crippen LogP) is 3.77. The van der Waals surface area contributed by atoms with Gasteiger partial charge in [0.1, 0.15) is 11.5 Å². The highest BCUT2D eigenvalue weighted by atomic mass is 16.5. The molecule has 31 heavy (non-hydrogen) atoms. The monoisotopic (exact) mass is 422 g/mol. The Morgan fingerprint density at radius 3 is 2.23 bits per heavy atom. The van der Waals surface area contributed by atoms with Crippen LogP contribution in [0.15, 0.2) is 54.1 Å². The number of carbonyl (C=O) groups excluding carboxylic acids is 2. The second-order valence-electron chi connectivity index (χ2n) is 8.40. The average molecular weight is 423 g/mol. The number of Topliss-reactive ketones (excluding diaryl/α,β-unsaturated/α-hetero) is 1. The minimum absolute atomic E-state index is 0.0306. The lowest BCUT2D eigenvalue weighted by Crippen LogP contribution is -2.35. The average Bonchev–Trinajstić information content (AvgIpc) is 2.97. The van der Waals surface area contributed by atoms with Gasteiger partial charge < -0.3 is 19.6 Å². The number of ketones is 1. The number of likely N-dealkylation sites (N-methyl/N-ethyl adjacent to an activating group) is 1. The third-order valence-corrected chi connectivity index (χ3v) is 5.22. The quantitative estimate of drug-likeness (QED) is 0.418. The van der Waals surface area contributed by atoms with E-state index in [-0.39, 0.29) is 17.4 Å². The van der Waals surface area contributed by atoms with E-state index in [0.717, 1.165) is 11.1 Å². The highest BCUT2D eigenvalue weighted by Crippen LogP contribution is 2.39. The van der Waals surface area contributed by atoms with Gasteiger partial charge in [-0.05, 0) is 64.7 Å². The third-order valence-electron chi connectivity index (χ3n) is 5.22. The number of benzene rings is 2. The molecule has 1 atom stereocenters. The van der Waals surface area contributed by atoms with Crippen molar-refractivity contribution >= 4 is 17.4 Å². The Balaban J connectivity index is 2.06. The Hall–Kier alpha value is -3.12. The van der Waals surface area contributed by atoms with Crippen molar-refractivity contribution in [2.75, 3.05) is 27.2 Å². The number of carbonyl (C=O) groups is 2. The van der Waals surface area contributed by atoms with Crippen LogP contribution in [0.3, 0.4) is 0 Å². The van der Waals surface area contributed by atoms with Crippen LogP contribution in [0.1, 0.15) is 36.6 Å². The number of aryl methyl sites for hydroxylation is 1. The molecule has 0 radical (unpaired) electrons. The van der Waals surface area contributed by atoms with Crippen LogP contribution in [0.2, 0.25) is 0 Å². The lowest BCUT2D eigenvalue weighted by molar-refractivity contribution is -0.140. The van der Waals surface area contributed by atoms with Crippen LogP contribution in [0, 0.1) is 6.92 Å². The molecular weight excluding hydrogens is 392 g/mol. The number of ether oxygens (including phenoxy) is 1. The molecular formula is C25H30N2O4. The molecule has 1 heterocycles. The molecule has 2 aromatic rings. The molecule has 3 rings (SSSR count). The van der Waals surface area contributed by atoms with Gasteiger partial charge >= 0.3 is 0 Å². The molecule has 1 amide bonds. The summed E-state index contributed by atoms with van der Waals surface area (Å²) in [5.41, 5.74) is 2.46. The zero-order valence-electron chi connectivity index (χ0n) is 18.8. The van der Waals surface area contributed by atoms with Gasteiger partial charge in [0.15, 0.2) is 0 Å². The van der Waals surface area contributed by atoms with Crippen molar-refractivity contribution in [3.05, 3.63) is 70.8 Å². The summed E-state index contributed by atoms with van der Waals surface area (Å²) in [6.07, 6.45) is 0.0306. The minimum Gasteiger partial charge on any atom is -0.507 e. The van der Waals surface area contributed by atoms with E-state index in [0.29, 0.717) is 24.4 Å². The van der Waals surface area contributed by atoms with Crippen molar-refractivity contribution < 1.29 is 19.4 Å². The van der Waals surface area contributed by atoms with E-state index in [9.17, 15) is 14.7 Å². The van der Waals surface area contributed by atoms with Crippen molar-refractivity contribution in [1.29, 1.82) is 0 Å².